The predicted octanol–water partition coefficient (Wildman–Crippen LogP) is 6.06. The van der Waals surface area contributed by atoms with E-state index in [-0.39, 0.29) is 12.1 Å². The van der Waals surface area contributed by atoms with E-state index in [0.29, 0.717) is 27.2 Å². The molecule has 3 rings (SSSR count). The lowest BCUT2D eigenvalue weighted by atomic mass is 10.1. The van der Waals surface area contributed by atoms with Gasteiger partial charge in [-0.15, -0.1) is 0 Å². The first-order valence-corrected chi connectivity index (χ1v) is 8.97. The Morgan fingerprint density at radius 1 is 1.00 bits per heavy atom. The molecule has 2 amide bonds. The summed E-state index contributed by atoms with van der Waals surface area (Å²) < 4.78 is 5.73. The number of pyridine rings is 1. The van der Waals surface area contributed by atoms with Gasteiger partial charge in [0.2, 0.25) is 0 Å². The van der Waals surface area contributed by atoms with Gasteiger partial charge in [-0.3, -0.25) is 4.98 Å². The van der Waals surface area contributed by atoms with E-state index in [0.717, 1.165) is 5.56 Å². The Bertz CT molecular complexity index is 918. The molecule has 0 bridgehead atoms. The maximum absolute atomic E-state index is 12.2. The molecule has 0 saturated heterocycles. The second kappa shape index (κ2) is 8.75. The normalized spacial score (nSPS) is 11.5. The van der Waals surface area contributed by atoms with Crippen LogP contribution in [0, 0.1) is 0 Å². The molecule has 1 atom stereocenters. The van der Waals surface area contributed by atoms with E-state index < -0.39 is 0 Å². The molecule has 0 aliphatic heterocycles. The first kappa shape index (κ1) is 19.0. The number of nitrogens with one attached hydrogen (secondary N) is 2. The lowest BCUT2D eigenvalue weighted by Crippen LogP contribution is -2.31. The number of benzene rings is 2. The monoisotopic (exact) mass is 401 g/mol. The number of amides is 2. The minimum absolute atomic E-state index is 0.210. The number of nitrogens with zero attached hydrogens (tertiary/aromatic N) is 1. The molecule has 0 saturated carbocycles. The second-order valence-corrected chi connectivity index (χ2v) is 6.64. The molecular weight excluding hydrogens is 385 g/mol. The molecule has 1 heterocycles. The molecule has 1 aromatic heterocycles. The lowest BCUT2D eigenvalue weighted by Gasteiger charge is -2.16. The lowest BCUT2D eigenvalue weighted by molar-refractivity contribution is 0.249. The molecular formula is C20H17Cl2N3O2. The molecule has 1 unspecified atom stereocenters. The molecule has 0 aliphatic rings. The maximum atomic E-state index is 12.2. The Balaban J connectivity index is 1.59. The van der Waals surface area contributed by atoms with Gasteiger partial charge in [0.05, 0.1) is 16.8 Å². The van der Waals surface area contributed by atoms with Crippen molar-refractivity contribution in [1.82, 2.24) is 10.3 Å². The van der Waals surface area contributed by atoms with E-state index >= 15 is 0 Å². The number of rotatable bonds is 5. The van der Waals surface area contributed by atoms with Crippen molar-refractivity contribution in [3.05, 3.63) is 82.6 Å². The van der Waals surface area contributed by atoms with E-state index in [2.05, 4.69) is 15.6 Å². The number of carbonyl (C=O) groups is 1. The molecule has 2 N–H and O–H groups in total. The smallest absolute Gasteiger partial charge is 0.319 e. The molecule has 0 spiro atoms. The summed E-state index contributed by atoms with van der Waals surface area (Å²) in [4.78, 5) is 16.2. The van der Waals surface area contributed by atoms with Crippen molar-refractivity contribution in [2.75, 3.05) is 5.32 Å². The molecule has 0 radical (unpaired) electrons. The fraction of sp³-hybridized carbons (Fsp3) is 0.100. The van der Waals surface area contributed by atoms with Crippen molar-refractivity contribution in [2.45, 2.75) is 13.0 Å². The standard InChI is InChI=1S/C20H17Cl2N3O2/c1-13(24-20(26)25-19-12-15(21)4-7-18(19)22)14-2-5-16(6-3-14)27-17-8-10-23-11-9-17/h2-13H,1H3,(H2,24,25,26). The Hall–Kier alpha value is -2.76. The van der Waals surface area contributed by atoms with Crippen LogP contribution in [0.1, 0.15) is 18.5 Å². The SMILES string of the molecule is CC(NC(=O)Nc1cc(Cl)ccc1Cl)c1ccc(Oc2ccncc2)cc1. The van der Waals surface area contributed by atoms with Crippen molar-refractivity contribution in [3.8, 4) is 11.5 Å². The van der Waals surface area contributed by atoms with Gasteiger partial charge in [0.1, 0.15) is 11.5 Å². The van der Waals surface area contributed by atoms with Crippen molar-refractivity contribution in [2.24, 2.45) is 0 Å². The molecule has 2 aromatic carbocycles. The van der Waals surface area contributed by atoms with Gasteiger partial charge in [0.25, 0.3) is 0 Å². The zero-order valence-electron chi connectivity index (χ0n) is 14.4. The second-order valence-electron chi connectivity index (χ2n) is 5.80. The van der Waals surface area contributed by atoms with Crippen LogP contribution in [0.5, 0.6) is 11.5 Å². The number of hydrogen-bond donors (Lipinski definition) is 2. The Labute approximate surface area is 167 Å². The van der Waals surface area contributed by atoms with Gasteiger partial charge in [-0.2, -0.15) is 0 Å². The van der Waals surface area contributed by atoms with Crippen molar-refractivity contribution < 1.29 is 9.53 Å². The van der Waals surface area contributed by atoms with E-state index in [1.807, 2.05) is 31.2 Å². The molecule has 5 nitrogen and oxygen atoms in total. The van der Waals surface area contributed by atoms with Gasteiger partial charge in [-0.25, -0.2) is 4.79 Å². The number of carbonyl (C=O) groups excluding carboxylic acids is 1. The van der Waals surface area contributed by atoms with Crippen molar-refractivity contribution >= 4 is 34.9 Å². The first-order chi connectivity index (χ1) is 13.0. The van der Waals surface area contributed by atoms with Crippen LogP contribution in [0.4, 0.5) is 10.5 Å². The topological polar surface area (TPSA) is 63.2 Å². The third-order valence-corrected chi connectivity index (χ3v) is 4.35. The van der Waals surface area contributed by atoms with Gasteiger partial charge in [-0.1, -0.05) is 35.3 Å². The fourth-order valence-corrected chi connectivity index (χ4v) is 2.74. The van der Waals surface area contributed by atoms with Crippen molar-refractivity contribution in [3.63, 3.8) is 0 Å². The van der Waals surface area contributed by atoms with E-state index in [1.165, 1.54) is 0 Å². The summed E-state index contributed by atoms with van der Waals surface area (Å²) in [7, 11) is 0. The van der Waals surface area contributed by atoms with Crippen LogP contribution >= 0.6 is 23.2 Å². The maximum Gasteiger partial charge on any atom is 0.319 e. The summed E-state index contributed by atoms with van der Waals surface area (Å²) in [6.45, 7) is 1.89. The van der Waals surface area contributed by atoms with Crippen LogP contribution in [-0.2, 0) is 0 Å². The number of anilines is 1. The Morgan fingerprint density at radius 3 is 2.37 bits per heavy atom. The van der Waals surface area contributed by atoms with E-state index in [4.69, 9.17) is 27.9 Å². The molecule has 0 fully saturated rings. The summed E-state index contributed by atoms with van der Waals surface area (Å²) in [6, 6.07) is 15.4. The largest absolute Gasteiger partial charge is 0.457 e. The van der Waals surface area contributed by atoms with Crippen LogP contribution in [-0.4, -0.2) is 11.0 Å². The highest BCUT2D eigenvalue weighted by Crippen LogP contribution is 2.26. The zero-order chi connectivity index (χ0) is 19.2. The third kappa shape index (κ3) is 5.36. The predicted molar refractivity (Wildman–Crippen MR) is 108 cm³/mol. The van der Waals surface area contributed by atoms with Gasteiger partial charge < -0.3 is 15.4 Å². The molecule has 0 aliphatic carbocycles. The minimum Gasteiger partial charge on any atom is -0.457 e. The molecule has 3 aromatic rings. The summed E-state index contributed by atoms with van der Waals surface area (Å²) in [5, 5.41) is 6.47. The van der Waals surface area contributed by atoms with Gasteiger partial charge in [-0.05, 0) is 55.0 Å². The van der Waals surface area contributed by atoms with Gasteiger partial charge >= 0.3 is 6.03 Å². The van der Waals surface area contributed by atoms with Crippen LogP contribution in [0.3, 0.4) is 0 Å². The van der Waals surface area contributed by atoms with Crippen molar-refractivity contribution in [1.29, 1.82) is 0 Å². The average Bonchev–Trinajstić information content (AvgIpc) is 2.66. The third-order valence-electron chi connectivity index (χ3n) is 3.79. The van der Waals surface area contributed by atoms with Crippen LogP contribution < -0.4 is 15.4 Å². The van der Waals surface area contributed by atoms with Gasteiger partial charge in [0.15, 0.2) is 0 Å². The Morgan fingerprint density at radius 2 is 1.67 bits per heavy atom. The number of hydrogen-bond acceptors (Lipinski definition) is 3. The average molecular weight is 402 g/mol. The highest BCUT2D eigenvalue weighted by molar-refractivity contribution is 6.35. The minimum atomic E-state index is -0.372. The highest BCUT2D eigenvalue weighted by atomic mass is 35.5. The fourth-order valence-electron chi connectivity index (χ4n) is 2.40. The number of ether oxygens (including phenoxy) is 1. The van der Waals surface area contributed by atoms with Gasteiger partial charge in [0, 0.05) is 17.4 Å². The summed E-state index contributed by atoms with van der Waals surface area (Å²) in [5.41, 5.74) is 1.39. The molecule has 27 heavy (non-hydrogen) atoms. The number of halogens is 2. The number of aromatic nitrogens is 1. The first-order valence-electron chi connectivity index (χ1n) is 8.21. The quantitative estimate of drug-likeness (QED) is 0.545. The number of urea groups is 1. The zero-order valence-corrected chi connectivity index (χ0v) is 16.0. The van der Waals surface area contributed by atoms with E-state index in [1.54, 1.807) is 42.7 Å². The summed E-state index contributed by atoms with van der Waals surface area (Å²) in [6.07, 6.45) is 3.33. The highest BCUT2D eigenvalue weighted by Gasteiger charge is 2.11. The van der Waals surface area contributed by atoms with Crippen LogP contribution in [0.25, 0.3) is 0 Å². The van der Waals surface area contributed by atoms with Crippen LogP contribution in [0.2, 0.25) is 10.0 Å². The van der Waals surface area contributed by atoms with Crippen LogP contribution in [0.15, 0.2) is 67.0 Å². The summed E-state index contributed by atoms with van der Waals surface area (Å²) in [5.74, 6) is 1.41. The Kier molecular flexibility index (Phi) is 6.16. The summed E-state index contributed by atoms with van der Waals surface area (Å²) >= 11 is 12.0. The van der Waals surface area contributed by atoms with E-state index in [9.17, 15) is 4.79 Å². The molecule has 7 heteroatoms. The molecule has 138 valence electrons.